The lowest BCUT2D eigenvalue weighted by atomic mass is 10.1. The van der Waals surface area contributed by atoms with Crippen LogP contribution >= 0.6 is 11.3 Å². The number of sulfonamides is 1. The highest BCUT2D eigenvalue weighted by atomic mass is 32.2. The highest BCUT2D eigenvalue weighted by molar-refractivity contribution is 7.93. The predicted molar refractivity (Wildman–Crippen MR) is 141 cm³/mol. The molecule has 0 bridgehead atoms. The molecular weight excluding hydrogens is 482 g/mol. The largest absolute Gasteiger partial charge is 0.326 e. The van der Waals surface area contributed by atoms with Crippen molar-refractivity contribution in [2.75, 3.05) is 10.0 Å². The van der Waals surface area contributed by atoms with Gasteiger partial charge in [0.25, 0.3) is 10.0 Å². The van der Waals surface area contributed by atoms with E-state index in [4.69, 9.17) is 0 Å². The second-order valence-electron chi connectivity index (χ2n) is 8.10. The number of nitrogens with zero attached hydrogens (tertiary/aromatic N) is 3. The molecule has 0 saturated carbocycles. The summed E-state index contributed by atoms with van der Waals surface area (Å²) in [4.78, 5) is 16.2. The molecule has 0 saturated heterocycles. The van der Waals surface area contributed by atoms with E-state index >= 15 is 0 Å². The minimum atomic E-state index is -3.70. The molecular formula is C25H31N5O3S2. The Bertz CT molecular complexity index is 1180. The fraction of sp³-hybridized carbons (Fsp3) is 0.360. The van der Waals surface area contributed by atoms with Gasteiger partial charge >= 0.3 is 0 Å². The number of hydrogen-bond donors (Lipinski definition) is 2. The van der Waals surface area contributed by atoms with Crippen LogP contribution in [-0.4, -0.2) is 19.3 Å². The van der Waals surface area contributed by atoms with Crippen LogP contribution in [0, 0.1) is 0 Å². The van der Waals surface area contributed by atoms with Gasteiger partial charge in [0.2, 0.25) is 5.91 Å². The van der Waals surface area contributed by atoms with Crippen molar-refractivity contribution in [2.45, 2.75) is 63.2 Å². The number of azo groups is 1. The number of rotatable bonds is 14. The smallest absolute Gasteiger partial charge is 0.263 e. The Morgan fingerprint density at radius 3 is 2.09 bits per heavy atom. The molecule has 0 aliphatic rings. The van der Waals surface area contributed by atoms with Crippen LogP contribution in [0.5, 0.6) is 0 Å². The summed E-state index contributed by atoms with van der Waals surface area (Å²) >= 11 is 1.21. The number of carbonyl (C=O) groups excluding carboxylic acids is 1. The molecule has 8 nitrogen and oxygen atoms in total. The normalized spacial score (nSPS) is 11.6. The van der Waals surface area contributed by atoms with Crippen LogP contribution in [-0.2, 0) is 14.8 Å². The Hall–Kier alpha value is -3.11. The number of benzene rings is 2. The first-order valence-electron chi connectivity index (χ1n) is 11.8. The maximum Gasteiger partial charge on any atom is 0.263 e. The lowest BCUT2D eigenvalue weighted by Gasteiger charge is -2.06. The van der Waals surface area contributed by atoms with Gasteiger partial charge in [0.1, 0.15) is 0 Å². The van der Waals surface area contributed by atoms with E-state index in [0.29, 0.717) is 22.9 Å². The van der Waals surface area contributed by atoms with Crippen molar-refractivity contribution in [3.63, 3.8) is 0 Å². The van der Waals surface area contributed by atoms with Gasteiger partial charge in [-0.25, -0.2) is 13.4 Å². The van der Waals surface area contributed by atoms with Gasteiger partial charge in [0.15, 0.2) is 5.13 Å². The third kappa shape index (κ3) is 9.22. The Balaban J connectivity index is 1.44. The van der Waals surface area contributed by atoms with Crippen LogP contribution in [0.1, 0.15) is 58.3 Å². The number of anilines is 2. The van der Waals surface area contributed by atoms with E-state index in [1.807, 2.05) is 0 Å². The van der Waals surface area contributed by atoms with Crippen molar-refractivity contribution in [1.29, 1.82) is 0 Å². The lowest BCUT2D eigenvalue weighted by Crippen LogP contribution is -2.12. The van der Waals surface area contributed by atoms with Crippen LogP contribution in [0.2, 0.25) is 0 Å². The summed E-state index contributed by atoms with van der Waals surface area (Å²) in [5.41, 5.74) is 1.86. The second-order valence-corrected chi connectivity index (χ2v) is 10.7. The molecule has 3 rings (SSSR count). The molecule has 0 aliphatic heterocycles. The molecule has 0 fully saturated rings. The van der Waals surface area contributed by atoms with Crippen molar-refractivity contribution in [2.24, 2.45) is 10.2 Å². The van der Waals surface area contributed by atoms with Crippen LogP contribution in [0.4, 0.5) is 22.2 Å². The predicted octanol–water partition coefficient (Wildman–Crippen LogP) is 7.44. The standard InChI is InChI=1S/C25H31N5O3S2/c1-2-3-4-5-6-7-8-9-24(31)27-20-10-12-21(13-11-20)28-29-22-14-16-23(17-15-22)35(32,33)30-25-26-18-19-34-25/h10-19H,2-9H2,1H3,(H,26,30)(H,27,31). The van der Waals surface area contributed by atoms with Gasteiger partial charge in [-0.05, 0) is 55.0 Å². The van der Waals surface area contributed by atoms with E-state index in [1.165, 1.54) is 61.8 Å². The number of aromatic nitrogens is 1. The van der Waals surface area contributed by atoms with Crippen molar-refractivity contribution in [3.05, 3.63) is 60.1 Å². The summed E-state index contributed by atoms with van der Waals surface area (Å²) in [7, 11) is -3.70. The molecule has 2 aromatic carbocycles. The SMILES string of the molecule is CCCCCCCCCC(=O)Nc1ccc(N=Nc2ccc(S(=O)(=O)Nc3nccs3)cc2)cc1. The maximum atomic E-state index is 12.4. The van der Waals surface area contributed by atoms with E-state index in [2.05, 4.69) is 32.2 Å². The maximum absolute atomic E-state index is 12.4. The van der Waals surface area contributed by atoms with Gasteiger partial charge < -0.3 is 5.32 Å². The fourth-order valence-electron chi connectivity index (χ4n) is 3.33. The second kappa shape index (κ2) is 13.7. The van der Waals surface area contributed by atoms with E-state index in [0.717, 1.165) is 18.5 Å². The van der Waals surface area contributed by atoms with Crippen molar-refractivity contribution >= 4 is 49.5 Å². The lowest BCUT2D eigenvalue weighted by molar-refractivity contribution is -0.116. The molecule has 186 valence electrons. The summed E-state index contributed by atoms with van der Waals surface area (Å²) in [6.45, 7) is 2.21. The summed E-state index contributed by atoms with van der Waals surface area (Å²) < 4.78 is 27.2. The van der Waals surface area contributed by atoms with Gasteiger partial charge in [-0.15, -0.1) is 11.3 Å². The fourth-order valence-corrected chi connectivity index (χ4v) is 5.12. The number of carbonyl (C=O) groups is 1. The molecule has 10 heteroatoms. The molecule has 1 amide bonds. The van der Waals surface area contributed by atoms with Crippen LogP contribution in [0.25, 0.3) is 0 Å². The average Bonchev–Trinajstić information content (AvgIpc) is 3.36. The van der Waals surface area contributed by atoms with Gasteiger partial charge in [-0.2, -0.15) is 10.2 Å². The first kappa shape index (κ1) is 26.5. The van der Waals surface area contributed by atoms with E-state index < -0.39 is 10.0 Å². The molecule has 1 heterocycles. The number of hydrogen-bond acceptors (Lipinski definition) is 7. The van der Waals surface area contributed by atoms with Crippen LogP contribution in [0.15, 0.2) is 75.2 Å². The van der Waals surface area contributed by atoms with E-state index in [1.54, 1.807) is 41.8 Å². The Morgan fingerprint density at radius 2 is 1.49 bits per heavy atom. The third-order valence-electron chi connectivity index (χ3n) is 5.24. The highest BCUT2D eigenvalue weighted by Crippen LogP contribution is 2.23. The van der Waals surface area contributed by atoms with E-state index in [9.17, 15) is 13.2 Å². The zero-order valence-electron chi connectivity index (χ0n) is 19.8. The molecule has 0 atom stereocenters. The highest BCUT2D eigenvalue weighted by Gasteiger charge is 2.15. The average molecular weight is 514 g/mol. The Morgan fingerprint density at radius 1 is 0.886 bits per heavy atom. The number of unbranched alkanes of at least 4 members (excludes halogenated alkanes) is 6. The molecule has 0 spiro atoms. The first-order chi connectivity index (χ1) is 17.0. The zero-order chi connectivity index (χ0) is 24.9. The van der Waals surface area contributed by atoms with Gasteiger partial charge in [-0.3, -0.25) is 9.52 Å². The quantitative estimate of drug-likeness (QED) is 0.172. The van der Waals surface area contributed by atoms with E-state index in [-0.39, 0.29) is 10.8 Å². The van der Waals surface area contributed by atoms with Gasteiger partial charge in [0, 0.05) is 23.7 Å². The molecule has 1 aromatic heterocycles. The molecule has 0 unspecified atom stereocenters. The summed E-state index contributed by atoms with van der Waals surface area (Å²) in [6, 6.07) is 13.2. The first-order valence-corrected chi connectivity index (χ1v) is 14.2. The number of amides is 1. The number of nitrogens with one attached hydrogen (secondary N) is 2. The summed E-state index contributed by atoms with van der Waals surface area (Å²) in [5.74, 6) is 0.0207. The topological polar surface area (TPSA) is 113 Å². The van der Waals surface area contributed by atoms with Crippen molar-refractivity contribution in [1.82, 2.24) is 4.98 Å². The van der Waals surface area contributed by atoms with Gasteiger partial charge in [0.05, 0.1) is 16.3 Å². The number of thiazole rings is 1. The molecule has 3 aromatic rings. The Labute approximate surface area is 211 Å². The minimum absolute atomic E-state index is 0.0207. The summed E-state index contributed by atoms with van der Waals surface area (Å²) in [6.07, 6.45) is 10.3. The molecule has 35 heavy (non-hydrogen) atoms. The van der Waals surface area contributed by atoms with Crippen molar-refractivity contribution in [3.8, 4) is 0 Å². The third-order valence-corrected chi connectivity index (χ3v) is 7.41. The molecule has 0 radical (unpaired) electrons. The zero-order valence-corrected chi connectivity index (χ0v) is 21.4. The summed E-state index contributed by atoms with van der Waals surface area (Å²) in [5, 5.41) is 13.3. The minimum Gasteiger partial charge on any atom is -0.326 e. The molecule has 0 aliphatic carbocycles. The van der Waals surface area contributed by atoms with Crippen molar-refractivity contribution < 1.29 is 13.2 Å². The molecule has 2 N–H and O–H groups in total. The van der Waals surface area contributed by atoms with Gasteiger partial charge in [-0.1, -0.05) is 45.4 Å². The Kier molecular flexibility index (Phi) is 10.4. The van der Waals surface area contributed by atoms with Crippen LogP contribution in [0.3, 0.4) is 0 Å². The monoisotopic (exact) mass is 513 g/mol. The van der Waals surface area contributed by atoms with Crippen LogP contribution < -0.4 is 10.0 Å².